The molecule has 0 aliphatic heterocycles. The van der Waals surface area contributed by atoms with Gasteiger partial charge in [0.25, 0.3) is 5.91 Å². The highest BCUT2D eigenvalue weighted by Crippen LogP contribution is 2.40. The van der Waals surface area contributed by atoms with E-state index in [1.165, 1.54) is 25.7 Å². The van der Waals surface area contributed by atoms with Crippen LogP contribution in [0.25, 0.3) is 0 Å². The van der Waals surface area contributed by atoms with Gasteiger partial charge in [0, 0.05) is 24.8 Å². The second-order valence-electron chi connectivity index (χ2n) is 6.02. The zero-order valence-electron chi connectivity index (χ0n) is 12.9. The molecule has 1 aromatic rings. The molecule has 0 spiro atoms. The van der Waals surface area contributed by atoms with Gasteiger partial charge in [-0.25, -0.2) is 0 Å². The number of nitrogens with one attached hydrogen (secondary N) is 2. The maximum atomic E-state index is 12.3. The first-order valence-corrected chi connectivity index (χ1v) is 7.67. The van der Waals surface area contributed by atoms with E-state index < -0.39 is 0 Å². The Morgan fingerprint density at radius 2 is 2.00 bits per heavy atom. The third-order valence-corrected chi connectivity index (χ3v) is 4.80. The molecule has 0 saturated heterocycles. The molecule has 1 aliphatic rings. The maximum Gasteiger partial charge on any atom is 0.251 e. The van der Waals surface area contributed by atoms with Crippen LogP contribution in [0.3, 0.4) is 0 Å². The highest BCUT2D eigenvalue weighted by Gasteiger charge is 2.32. The topological polar surface area (TPSA) is 41.1 Å². The molecule has 1 fully saturated rings. The van der Waals surface area contributed by atoms with E-state index >= 15 is 0 Å². The molecule has 0 bridgehead atoms. The number of benzene rings is 1. The van der Waals surface area contributed by atoms with Crippen LogP contribution in [0.2, 0.25) is 0 Å². The normalized spacial score (nSPS) is 16.9. The molecule has 0 unspecified atom stereocenters. The molecule has 2 rings (SSSR count). The van der Waals surface area contributed by atoms with Crippen molar-refractivity contribution in [1.82, 2.24) is 5.32 Å². The number of carbonyl (C=O) groups excluding carboxylic acids is 1. The van der Waals surface area contributed by atoms with Gasteiger partial charge in [-0.1, -0.05) is 19.8 Å². The van der Waals surface area contributed by atoms with Gasteiger partial charge in [0.2, 0.25) is 0 Å². The molecule has 0 atom stereocenters. The zero-order chi connectivity index (χ0) is 14.6. The van der Waals surface area contributed by atoms with Gasteiger partial charge in [0.15, 0.2) is 0 Å². The van der Waals surface area contributed by atoms with E-state index in [2.05, 4.69) is 17.6 Å². The summed E-state index contributed by atoms with van der Waals surface area (Å²) in [6.45, 7) is 5.04. The van der Waals surface area contributed by atoms with Crippen LogP contribution in [0.5, 0.6) is 0 Å². The Labute approximate surface area is 122 Å². The summed E-state index contributed by atoms with van der Waals surface area (Å²) in [5.41, 5.74) is 3.19. The van der Waals surface area contributed by atoms with Gasteiger partial charge in [-0.3, -0.25) is 4.79 Å². The predicted octanol–water partition coefficient (Wildman–Crippen LogP) is 3.74. The highest BCUT2D eigenvalue weighted by atomic mass is 16.1. The quantitative estimate of drug-likeness (QED) is 0.859. The number of hydrogen-bond acceptors (Lipinski definition) is 2. The molecule has 1 amide bonds. The van der Waals surface area contributed by atoms with Gasteiger partial charge >= 0.3 is 0 Å². The van der Waals surface area contributed by atoms with Crippen molar-refractivity contribution >= 4 is 11.6 Å². The average molecular weight is 274 g/mol. The molecule has 110 valence electrons. The summed E-state index contributed by atoms with van der Waals surface area (Å²) >= 11 is 0. The number of aryl methyl sites for hydroxylation is 1. The molecule has 3 nitrogen and oxygen atoms in total. The largest absolute Gasteiger partial charge is 0.388 e. The minimum absolute atomic E-state index is 0.0601. The van der Waals surface area contributed by atoms with Crippen molar-refractivity contribution in [2.45, 2.75) is 46.0 Å². The minimum atomic E-state index is 0.0601. The molecular weight excluding hydrogens is 248 g/mol. The zero-order valence-corrected chi connectivity index (χ0v) is 12.9. The van der Waals surface area contributed by atoms with Gasteiger partial charge in [-0.2, -0.15) is 0 Å². The average Bonchev–Trinajstić information content (AvgIpc) is 2.94. The van der Waals surface area contributed by atoms with Crippen LogP contribution in [-0.2, 0) is 0 Å². The molecular formula is C17H26N2O. The lowest BCUT2D eigenvalue weighted by atomic mass is 9.83. The molecule has 3 heteroatoms. The van der Waals surface area contributed by atoms with E-state index in [-0.39, 0.29) is 5.91 Å². The van der Waals surface area contributed by atoms with Gasteiger partial charge < -0.3 is 10.6 Å². The van der Waals surface area contributed by atoms with Crippen LogP contribution in [0.15, 0.2) is 18.2 Å². The van der Waals surface area contributed by atoms with Crippen molar-refractivity contribution in [2.75, 3.05) is 18.9 Å². The Balaban J connectivity index is 2.01. The summed E-state index contributed by atoms with van der Waals surface area (Å²) in [5, 5.41) is 6.25. The number of carbonyl (C=O) groups is 1. The second-order valence-corrected chi connectivity index (χ2v) is 6.02. The minimum Gasteiger partial charge on any atom is -0.388 e. The Morgan fingerprint density at radius 3 is 2.55 bits per heavy atom. The van der Waals surface area contributed by atoms with Crippen molar-refractivity contribution < 1.29 is 4.79 Å². The SMILES string of the molecule is CCC1(CNC(=O)c2ccc(NC)cc2C)CCCC1. The van der Waals surface area contributed by atoms with E-state index in [1.807, 2.05) is 32.2 Å². The summed E-state index contributed by atoms with van der Waals surface area (Å²) in [4.78, 5) is 12.3. The maximum absolute atomic E-state index is 12.3. The van der Waals surface area contributed by atoms with Crippen molar-refractivity contribution in [1.29, 1.82) is 0 Å². The number of hydrogen-bond donors (Lipinski definition) is 2. The summed E-state index contributed by atoms with van der Waals surface area (Å²) in [5.74, 6) is 0.0601. The summed E-state index contributed by atoms with van der Waals surface area (Å²) in [7, 11) is 1.89. The highest BCUT2D eigenvalue weighted by molar-refractivity contribution is 5.96. The fourth-order valence-electron chi connectivity index (χ4n) is 3.22. The number of rotatable bonds is 5. The van der Waals surface area contributed by atoms with E-state index in [0.29, 0.717) is 5.41 Å². The van der Waals surface area contributed by atoms with Crippen LogP contribution >= 0.6 is 0 Å². The Morgan fingerprint density at radius 1 is 1.30 bits per heavy atom. The standard InChI is InChI=1S/C17H26N2O/c1-4-17(9-5-6-10-17)12-19-16(20)15-8-7-14(18-3)11-13(15)2/h7-8,11,18H,4-6,9-10,12H2,1-3H3,(H,19,20). The van der Waals surface area contributed by atoms with E-state index in [9.17, 15) is 4.79 Å². The predicted molar refractivity (Wildman–Crippen MR) is 84.3 cm³/mol. The molecule has 0 heterocycles. The van der Waals surface area contributed by atoms with Gasteiger partial charge in [-0.15, -0.1) is 0 Å². The van der Waals surface area contributed by atoms with Crippen LogP contribution in [-0.4, -0.2) is 19.5 Å². The first-order chi connectivity index (χ1) is 9.60. The fraction of sp³-hybridized carbons (Fsp3) is 0.588. The smallest absolute Gasteiger partial charge is 0.251 e. The lowest BCUT2D eigenvalue weighted by Gasteiger charge is -2.27. The lowest BCUT2D eigenvalue weighted by Crippen LogP contribution is -2.35. The molecule has 20 heavy (non-hydrogen) atoms. The van der Waals surface area contributed by atoms with Crippen molar-refractivity contribution in [3.05, 3.63) is 29.3 Å². The van der Waals surface area contributed by atoms with E-state index in [0.717, 1.165) is 29.8 Å². The monoisotopic (exact) mass is 274 g/mol. The fourth-order valence-corrected chi connectivity index (χ4v) is 3.22. The summed E-state index contributed by atoms with van der Waals surface area (Å²) in [6, 6.07) is 5.87. The number of anilines is 1. The Kier molecular flexibility index (Phi) is 4.69. The Bertz CT molecular complexity index is 476. The van der Waals surface area contributed by atoms with Crippen LogP contribution < -0.4 is 10.6 Å². The molecule has 0 radical (unpaired) electrons. The molecule has 1 saturated carbocycles. The number of amides is 1. The van der Waals surface area contributed by atoms with Gasteiger partial charge in [0.1, 0.15) is 0 Å². The van der Waals surface area contributed by atoms with Crippen molar-refractivity contribution in [3.63, 3.8) is 0 Å². The van der Waals surface area contributed by atoms with Gasteiger partial charge in [0.05, 0.1) is 0 Å². The van der Waals surface area contributed by atoms with Gasteiger partial charge in [-0.05, 0) is 55.4 Å². The van der Waals surface area contributed by atoms with Crippen molar-refractivity contribution in [2.24, 2.45) is 5.41 Å². The third kappa shape index (κ3) is 3.14. The summed E-state index contributed by atoms with van der Waals surface area (Å²) < 4.78 is 0. The summed E-state index contributed by atoms with van der Waals surface area (Å²) in [6.07, 6.45) is 6.27. The Hall–Kier alpha value is -1.51. The first kappa shape index (κ1) is 14.9. The van der Waals surface area contributed by atoms with Crippen LogP contribution in [0.1, 0.15) is 54.9 Å². The van der Waals surface area contributed by atoms with Crippen molar-refractivity contribution in [3.8, 4) is 0 Å². The second kappa shape index (κ2) is 6.29. The molecule has 1 aromatic carbocycles. The van der Waals surface area contributed by atoms with Crippen LogP contribution in [0.4, 0.5) is 5.69 Å². The lowest BCUT2D eigenvalue weighted by molar-refractivity contribution is 0.0928. The molecule has 2 N–H and O–H groups in total. The first-order valence-electron chi connectivity index (χ1n) is 7.67. The van der Waals surface area contributed by atoms with E-state index in [1.54, 1.807) is 0 Å². The van der Waals surface area contributed by atoms with E-state index in [4.69, 9.17) is 0 Å². The third-order valence-electron chi connectivity index (χ3n) is 4.80. The molecule has 0 aromatic heterocycles. The van der Waals surface area contributed by atoms with Crippen LogP contribution in [0, 0.1) is 12.3 Å². The molecule has 1 aliphatic carbocycles.